The molecule has 0 atom stereocenters. The molecule has 0 heterocycles. The fraction of sp³-hybridized carbons (Fsp3) is 0.300. The summed E-state index contributed by atoms with van der Waals surface area (Å²) < 4.78 is 64.8. The summed E-state index contributed by atoms with van der Waals surface area (Å²) >= 11 is 0. The summed E-state index contributed by atoms with van der Waals surface area (Å²) in [7, 11) is 0. The van der Waals surface area contributed by atoms with Gasteiger partial charge in [-0.25, -0.2) is 8.78 Å². The first-order valence-corrected chi connectivity index (χ1v) is 4.58. The van der Waals surface area contributed by atoms with Crippen LogP contribution in [0, 0.1) is 0 Å². The Morgan fingerprint density at radius 1 is 1.33 bits per heavy atom. The van der Waals surface area contributed by atoms with Crippen LogP contribution in [-0.4, -0.2) is 17.4 Å². The molecule has 3 nitrogen and oxygen atoms in total. The molecule has 0 saturated carbocycles. The molecule has 0 amide bonds. The second-order valence-electron chi connectivity index (χ2n) is 3.24. The molecule has 0 aliphatic rings. The largest absolute Gasteiger partial charge is 0.573 e. The Balaban J connectivity index is 3.23. The standard InChI is InChI=1S/C10H7F5O3/c11-9(12)5-2-1-3-7(18-10(13,14)15)6(5)4-8(16)17/h1-3,9H,4H2,(H,16,17). The minimum absolute atomic E-state index is 0.683. The van der Waals surface area contributed by atoms with E-state index in [4.69, 9.17) is 5.11 Å². The Kier molecular flexibility index (Phi) is 4.10. The van der Waals surface area contributed by atoms with Gasteiger partial charge in [0.1, 0.15) is 5.75 Å². The number of carboxylic acid groups (broad SMARTS) is 1. The van der Waals surface area contributed by atoms with E-state index in [0.29, 0.717) is 0 Å². The monoisotopic (exact) mass is 270 g/mol. The van der Waals surface area contributed by atoms with Gasteiger partial charge in [0, 0.05) is 11.1 Å². The van der Waals surface area contributed by atoms with Gasteiger partial charge in [-0.15, -0.1) is 13.2 Å². The van der Waals surface area contributed by atoms with Crippen LogP contribution in [0.3, 0.4) is 0 Å². The van der Waals surface area contributed by atoms with Gasteiger partial charge in [0.25, 0.3) is 6.43 Å². The molecule has 0 spiro atoms. The van der Waals surface area contributed by atoms with Gasteiger partial charge < -0.3 is 9.84 Å². The smallest absolute Gasteiger partial charge is 0.481 e. The van der Waals surface area contributed by atoms with Crippen molar-refractivity contribution >= 4 is 5.97 Å². The van der Waals surface area contributed by atoms with Gasteiger partial charge in [-0.2, -0.15) is 0 Å². The summed E-state index contributed by atoms with van der Waals surface area (Å²) in [6, 6.07) is 2.58. The number of carbonyl (C=O) groups is 1. The molecular weight excluding hydrogens is 263 g/mol. The number of hydrogen-bond acceptors (Lipinski definition) is 2. The Morgan fingerprint density at radius 3 is 2.39 bits per heavy atom. The minimum Gasteiger partial charge on any atom is -0.481 e. The lowest BCUT2D eigenvalue weighted by Crippen LogP contribution is -2.19. The summed E-state index contributed by atoms with van der Waals surface area (Å²) in [5.41, 5.74) is -1.48. The van der Waals surface area contributed by atoms with Gasteiger partial charge in [-0.3, -0.25) is 4.79 Å². The normalized spacial score (nSPS) is 11.7. The Labute approximate surface area is 97.8 Å². The van der Waals surface area contributed by atoms with Gasteiger partial charge in [-0.1, -0.05) is 12.1 Å². The van der Waals surface area contributed by atoms with Crippen molar-refractivity contribution in [1.29, 1.82) is 0 Å². The van der Waals surface area contributed by atoms with E-state index in [1.807, 2.05) is 0 Å². The number of aliphatic carboxylic acids is 1. The molecular formula is C10H7F5O3. The zero-order valence-corrected chi connectivity index (χ0v) is 8.67. The molecule has 0 saturated heterocycles. The highest BCUT2D eigenvalue weighted by molar-refractivity contribution is 5.72. The van der Waals surface area contributed by atoms with E-state index < -0.39 is 42.1 Å². The maximum Gasteiger partial charge on any atom is 0.573 e. The molecule has 18 heavy (non-hydrogen) atoms. The number of ether oxygens (including phenoxy) is 1. The van der Waals surface area contributed by atoms with Gasteiger partial charge in [0.2, 0.25) is 0 Å². The predicted molar refractivity (Wildman–Crippen MR) is 49.4 cm³/mol. The quantitative estimate of drug-likeness (QED) is 0.855. The number of carboxylic acids is 1. The van der Waals surface area contributed by atoms with Gasteiger partial charge in [-0.05, 0) is 6.07 Å². The first-order valence-electron chi connectivity index (χ1n) is 4.58. The van der Waals surface area contributed by atoms with Crippen molar-refractivity contribution in [2.45, 2.75) is 19.2 Å². The second-order valence-corrected chi connectivity index (χ2v) is 3.24. The van der Waals surface area contributed by atoms with Crippen molar-refractivity contribution in [2.24, 2.45) is 0 Å². The van der Waals surface area contributed by atoms with E-state index in [-0.39, 0.29) is 0 Å². The molecule has 0 unspecified atom stereocenters. The minimum atomic E-state index is -5.08. The van der Waals surface area contributed by atoms with Gasteiger partial charge >= 0.3 is 12.3 Å². The van der Waals surface area contributed by atoms with Crippen molar-refractivity contribution in [3.05, 3.63) is 29.3 Å². The summed E-state index contributed by atoms with van der Waals surface area (Å²) in [6.45, 7) is 0. The zero-order valence-electron chi connectivity index (χ0n) is 8.67. The third-order valence-corrected chi connectivity index (χ3v) is 1.96. The lowest BCUT2D eigenvalue weighted by molar-refractivity contribution is -0.275. The molecule has 0 fully saturated rings. The van der Waals surface area contributed by atoms with Crippen LogP contribution in [0.4, 0.5) is 22.0 Å². The molecule has 0 bridgehead atoms. The van der Waals surface area contributed by atoms with Crippen LogP contribution in [-0.2, 0) is 11.2 Å². The fourth-order valence-corrected chi connectivity index (χ4v) is 1.35. The van der Waals surface area contributed by atoms with Crippen LogP contribution < -0.4 is 4.74 Å². The molecule has 0 aromatic heterocycles. The molecule has 0 aliphatic heterocycles. The maximum absolute atomic E-state index is 12.6. The first-order chi connectivity index (χ1) is 8.20. The average Bonchev–Trinajstić information content (AvgIpc) is 2.17. The van der Waals surface area contributed by atoms with E-state index >= 15 is 0 Å². The summed E-state index contributed by atoms with van der Waals surface area (Å²) in [6.07, 6.45) is -9.14. The summed E-state index contributed by atoms with van der Waals surface area (Å²) in [5.74, 6) is -2.46. The van der Waals surface area contributed by atoms with Crippen molar-refractivity contribution in [3.63, 3.8) is 0 Å². The highest BCUT2D eigenvalue weighted by atomic mass is 19.4. The summed E-state index contributed by atoms with van der Waals surface area (Å²) in [4.78, 5) is 10.5. The zero-order chi connectivity index (χ0) is 13.9. The van der Waals surface area contributed by atoms with Crippen molar-refractivity contribution in [1.82, 2.24) is 0 Å². The van der Waals surface area contributed by atoms with E-state index in [0.717, 1.165) is 18.2 Å². The number of rotatable bonds is 4. The molecule has 0 radical (unpaired) electrons. The highest BCUT2D eigenvalue weighted by Gasteiger charge is 2.33. The third kappa shape index (κ3) is 3.86. The number of hydrogen-bond donors (Lipinski definition) is 1. The predicted octanol–water partition coefficient (Wildman–Crippen LogP) is 3.15. The van der Waals surface area contributed by atoms with E-state index in [9.17, 15) is 26.7 Å². The topological polar surface area (TPSA) is 46.5 Å². The third-order valence-electron chi connectivity index (χ3n) is 1.96. The van der Waals surface area contributed by atoms with Crippen LogP contribution in [0.15, 0.2) is 18.2 Å². The number of benzene rings is 1. The van der Waals surface area contributed by atoms with Crippen LogP contribution >= 0.6 is 0 Å². The Bertz CT molecular complexity index is 442. The fourth-order valence-electron chi connectivity index (χ4n) is 1.35. The van der Waals surface area contributed by atoms with Crippen LogP contribution in [0.5, 0.6) is 5.75 Å². The number of halogens is 5. The van der Waals surface area contributed by atoms with Crippen LogP contribution in [0.1, 0.15) is 17.6 Å². The molecule has 1 rings (SSSR count). The highest BCUT2D eigenvalue weighted by Crippen LogP contribution is 2.33. The van der Waals surface area contributed by atoms with Crippen molar-refractivity contribution < 1.29 is 36.6 Å². The lowest BCUT2D eigenvalue weighted by Gasteiger charge is -2.15. The van der Waals surface area contributed by atoms with E-state index in [1.165, 1.54) is 0 Å². The second kappa shape index (κ2) is 5.19. The molecule has 0 aliphatic carbocycles. The Hall–Kier alpha value is -1.86. The van der Waals surface area contributed by atoms with Crippen LogP contribution in [0.2, 0.25) is 0 Å². The first kappa shape index (κ1) is 14.2. The van der Waals surface area contributed by atoms with Crippen LogP contribution in [0.25, 0.3) is 0 Å². The van der Waals surface area contributed by atoms with Gasteiger partial charge in [0.15, 0.2) is 0 Å². The van der Waals surface area contributed by atoms with E-state index in [1.54, 1.807) is 0 Å². The molecule has 1 aromatic carbocycles. The van der Waals surface area contributed by atoms with Gasteiger partial charge in [0.05, 0.1) is 6.42 Å². The average molecular weight is 270 g/mol. The lowest BCUT2D eigenvalue weighted by atomic mass is 10.0. The molecule has 8 heteroatoms. The SMILES string of the molecule is O=C(O)Cc1c(OC(F)(F)F)cccc1C(F)F. The van der Waals surface area contributed by atoms with Crippen molar-refractivity contribution in [3.8, 4) is 5.75 Å². The Morgan fingerprint density at radius 2 is 1.94 bits per heavy atom. The van der Waals surface area contributed by atoms with E-state index in [2.05, 4.69) is 4.74 Å². The maximum atomic E-state index is 12.6. The summed E-state index contributed by atoms with van der Waals surface area (Å²) in [5, 5.41) is 8.51. The van der Waals surface area contributed by atoms with Crippen molar-refractivity contribution in [2.75, 3.05) is 0 Å². The molecule has 100 valence electrons. The molecule has 1 aromatic rings. The molecule has 1 N–H and O–H groups in total. The number of alkyl halides is 5.